The van der Waals surface area contributed by atoms with Crippen molar-refractivity contribution < 1.29 is 9.53 Å². The largest absolute Gasteiger partial charge is 0.381 e. The number of carbonyl (C=O) groups excluding carboxylic acids is 1. The van der Waals surface area contributed by atoms with Gasteiger partial charge in [0.05, 0.1) is 17.3 Å². The van der Waals surface area contributed by atoms with Crippen molar-refractivity contribution in [1.29, 1.82) is 0 Å². The Balaban J connectivity index is 2.04. The molecule has 0 aliphatic carbocycles. The molecule has 1 aromatic rings. The summed E-state index contributed by atoms with van der Waals surface area (Å²) in [5.41, 5.74) is 1.90. The number of amides is 1. The van der Waals surface area contributed by atoms with Crippen molar-refractivity contribution in [3.8, 4) is 0 Å². The third kappa shape index (κ3) is 4.60. The van der Waals surface area contributed by atoms with Gasteiger partial charge >= 0.3 is 0 Å². The van der Waals surface area contributed by atoms with Crippen molar-refractivity contribution in [2.24, 2.45) is 11.8 Å². The van der Waals surface area contributed by atoms with Gasteiger partial charge in [-0.2, -0.15) is 5.10 Å². The highest BCUT2D eigenvalue weighted by Crippen LogP contribution is 2.24. The topological polar surface area (TPSA) is 89.0 Å². The van der Waals surface area contributed by atoms with E-state index in [1.54, 1.807) is 7.05 Å². The number of hydrogen-bond acceptors (Lipinski definition) is 6. The molecule has 0 aromatic carbocycles. The molecule has 1 saturated heterocycles. The molecule has 0 saturated carbocycles. The minimum atomic E-state index is -0.108. The Bertz CT molecular complexity index is 517. The average molecular weight is 321 g/mol. The first kappa shape index (κ1) is 17.6. The molecule has 1 unspecified atom stereocenters. The molecule has 1 aromatic heterocycles. The maximum atomic E-state index is 12.2. The Morgan fingerprint density at radius 3 is 2.52 bits per heavy atom. The van der Waals surface area contributed by atoms with Gasteiger partial charge in [-0.05, 0) is 31.6 Å². The van der Waals surface area contributed by atoms with E-state index in [0.29, 0.717) is 18.4 Å². The third-order valence-electron chi connectivity index (χ3n) is 4.41. The summed E-state index contributed by atoms with van der Waals surface area (Å²) in [7, 11) is 1.68. The van der Waals surface area contributed by atoms with Crippen molar-refractivity contribution in [3.63, 3.8) is 0 Å². The molecule has 1 atom stereocenters. The number of nitrogens with one attached hydrogen (secondary N) is 2. The van der Waals surface area contributed by atoms with Gasteiger partial charge in [0.25, 0.3) is 0 Å². The molecule has 1 aliphatic heterocycles. The summed E-state index contributed by atoms with van der Waals surface area (Å²) >= 11 is 0. The van der Waals surface area contributed by atoms with Crippen LogP contribution in [0.2, 0.25) is 0 Å². The fourth-order valence-electron chi connectivity index (χ4n) is 2.99. The van der Waals surface area contributed by atoms with Crippen LogP contribution in [0.15, 0.2) is 0 Å². The molecule has 128 valence electrons. The van der Waals surface area contributed by atoms with E-state index in [1.807, 2.05) is 6.92 Å². The second kappa shape index (κ2) is 8.76. The molecule has 2 rings (SSSR count). The zero-order valence-corrected chi connectivity index (χ0v) is 14.3. The first-order chi connectivity index (χ1) is 11.2. The highest BCUT2D eigenvalue weighted by molar-refractivity contribution is 5.79. The Kier molecular flexibility index (Phi) is 6.70. The molecule has 7 heteroatoms. The maximum Gasteiger partial charge on any atom is 0.242 e. The van der Waals surface area contributed by atoms with Gasteiger partial charge in [0.15, 0.2) is 0 Å². The summed E-state index contributed by atoms with van der Waals surface area (Å²) in [4.78, 5) is 16.7. The van der Waals surface area contributed by atoms with Gasteiger partial charge < -0.3 is 15.4 Å². The number of rotatable bonds is 7. The standard InChI is InChI=1S/C16H27N5O2/c1-4-13-14(5-2)20-21-16(19-13)18-10-12(15(22)17-3)11-6-8-23-9-7-11/h11-12H,4-10H2,1-3H3,(H,17,22)(H,18,19,21). The molecular weight excluding hydrogens is 294 g/mol. The van der Waals surface area contributed by atoms with Crippen molar-refractivity contribution in [1.82, 2.24) is 20.5 Å². The minimum absolute atomic E-state index is 0.0539. The number of ether oxygens (including phenoxy) is 1. The molecule has 0 bridgehead atoms. The monoisotopic (exact) mass is 321 g/mol. The highest BCUT2D eigenvalue weighted by Gasteiger charge is 2.29. The fraction of sp³-hybridized carbons (Fsp3) is 0.750. The van der Waals surface area contributed by atoms with Crippen LogP contribution in [0, 0.1) is 11.8 Å². The van der Waals surface area contributed by atoms with Crippen LogP contribution in [0.1, 0.15) is 38.1 Å². The van der Waals surface area contributed by atoms with Gasteiger partial charge in [0, 0.05) is 26.8 Å². The number of anilines is 1. The zero-order chi connectivity index (χ0) is 16.7. The van der Waals surface area contributed by atoms with E-state index < -0.39 is 0 Å². The molecular formula is C16H27N5O2. The predicted octanol–water partition coefficient (Wildman–Crippen LogP) is 1.20. The Hall–Kier alpha value is -1.76. The Labute approximate surface area is 137 Å². The van der Waals surface area contributed by atoms with Gasteiger partial charge in [0.1, 0.15) is 0 Å². The predicted molar refractivity (Wildman–Crippen MR) is 88.2 cm³/mol. The number of hydrogen-bond donors (Lipinski definition) is 2. The normalized spacial score (nSPS) is 16.8. The second-order valence-corrected chi connectivity index (χ2v) is 5.79. The summed E-state index contributed by atoms with van der Waals surface area (Å²) in [6.45, 7) is 6.07. The lowest BCUT2D eigenvalue weighted by molar-refractivity contribution is -0.126. The van der Waals surface area contributed by atoms with Crippen LogP contribution in [0.4, 0.5) is 5.95 Å². The first-order valence-corrected chi connectivity index (χ1v) is 8.45. The third-order valence-corrected chi connectivity index (χ3v) is 4.41. The molecule has 1 aliphatic rings. The number of nitrogens with zero attached hydrogens (tertiary/aromatic N) is 3. The van der Waals surface area contributed by atoms with Gasteiger partial charge in [0.2, 0.25) is 11.9 Å². The molecule has 2 N–H and O–H groups in total. The van der Waals surface area contributed by atoms with Gasteiger partial charge in [-0.1, -0.05) is 13.8 Å². The summed E-state index contributed by atoms with van der Waals surface area (Å²) in [6, 6.07) is 0. The summed E-state index contributed by atoms with van der Waals surface area (Å²) < 4.78 is 5.40. The molecule has 0 radical (unpaired) electrons. The average Bonchev–Trinajstić information content (AvgIpc) is 2.62. The summed E-state index contributed by atoms with van der Waals surface area (Å²) in [5.74, 6) is 0.770. The quantitative estimate of drug-likeness (QED) is 0.784. The van der Waals surface area contributed by atoms with Crippen molar-refractivity contribution in [2.45, 2.75) is 39.5 Å². The summed E-state index contributed by atoms with van der Waals surface area (Å²) in [5, 5.41) is 14.3. The fourth-order valence-corrected chi connectivity index (χ4v) is 2.99. The van der Waals surface area contributed by atoms with Crippen LogP contribution in [0.3, 0.4) is 0 Å². The number of aryl methyl sites for hydroxylation is 2. The van der Waals surface area contributed by atoms with E-state index >= 15 is 0 Å². The number of aromatic nitrogens is 3. The molecule has 7 nitrogen and oxygen atoms in total. The lowest BCUT2D eigenvalue weighted by Gasteiger charge is -2.29. The SMILES string of the molecule is CCc1nnc(NCC(C(=O)NC)C2CCOCC2)nc1CC. The van der Waals surface area contributed by atoms with E-state index in [1.165, 1.54) is 0 Å². The van der Waals surface area contributed by atoms with Crippen LogP contribution >= 0.6 is 0 Å². The van der Waals surface area contributed by atoms with Crippen LogP contribution in [-0.4, -0.2) is 47.9 Å². The second-order valence-electron chi connectivity index (χ2n) is 5.79. The highest BCUT2D eigenvalue weighted by atomic mass is 16.5. The van der Waals surface area contributed by atoms with E-state index in [0.717, 1.165) is 50.3 Å². The van der Waals surface area contributed by atoms with Crippen LogP contribution in [0.5, 0.6) is 0 Å². The molecule has 1 fully saturated rings. The van der Waals surface area contributed by atoms with Gasteiger partial charge in [-0.15, -0.1) is 5.10 Å². The van der Waals surface area contributed by atoms with E-state index in [4.69, 9.17) is 4.74 Å². The summed E-state index contributed by atoms with van der Waals surface area (Å²) in [6.07, 6.45) is 3.47. The maximum absolute atomic E-state index is 12.2. The van der Waals surface area contributed by atoms with Crippen LogP contribution < -0.4 is 10.6 Å². The lowest BCUT2D eigenvalue weighted by Crippen LogP contribution is -2.39. The first-order valence-electron chi connectivity index (χ1n) is 8.45. The van der Waals surface area contributed by atoms with Crippen LogP contribution in [-0.2, 0) is 22.4 Å². The van der Waals surface area contributed by atoms with Crippen molar-refractivity contribution in [2.75, 3.05) is 32.1 Å². The van der Waals surface area contributed by atoms with E-state index in [-0.39, 0.29) is 11.8 Å². The van der Waals surface area contributed by atoms with E-state index in [2.05, 4.69) is 32.7 Å². The minimum Gasteiger partial charge on any atom is -0.381 e. The lowest BCUT2D eigenvalue weighted by atomic mass is 9.85. The zero-order valence-electron chi connectivity index (χ0n) is 14.3. The molecule has 23 heavy (non-hydrogen) atoms. The van der Waals surface area contributed by atoms with E-state index in [9.17, 15) is 4.79 Å². The number of carbonyl (C=O) groups is 1. The van der Waals surface area contributed by atoms with Crippen molar-refractivity contribution in [3.05, 3.63) is 11.4 Å². The Morgan fingerprint density at radius 1 is 1.22 bits per heavy atom. The van der Waals surface area contributed by atoms with Crippen molar-refractivity contribution >= 4 is 11.9 Å². The van der Waals surface area contributed by atoms with Gasteiger partial charge in [-0.3, -0.25) is 4.79 Å². The Morgan fingerprint density at radius 2 is 1.91 bits per heavy atom. The molecule has 1 amide bonds. The smallest absolute Gasteiger partial charge is 0.242 e. The molecule has 2 heterocycles. The van der Waals surface area contributed by atoms with Gasteiger partial charge in [-0.25, -0.2) is 4.98 Å². The molecule has 0 spiro atoms. The van der Waals surface area contributed by atoms with Crippen LogP contribution in [0.25, 0.3) is 0 Å².